The summed E-state index contributed by atoms with van der Waals surface area (Å²) in [6.07, 6.45) is 0. The number of aromatic nitrogens is 1. The molecule has 1 heterocycles. The monoisotopic (exact) mass is 357 g/mol. The minimum atomic E-state index is -0.562. The van der Waals surface area contributed by atoms with Crippen LogP contribution in [0.2, 0.25) is 5.15 Å². The van der Waals surface area contributed by atoms with Gasteiger partial charge in [-0.1, -0.05) is 17.7 Å². The number of carbonyl (C=O) groups is 1. The van der Waals surface area contributed by atoms with E-state index < -0.39 is 5.24 Å². The average Bonchev–Trinajstić information content (AvgIpc) is 2.52. The van der Waals surface area contributed by atoms with Gasteiger partial charge in [0.15, 0.2) is 0 Å². The highest BCUT2D eigenvalue weighted by atomic mass is 35.5. The van der Waals surface area contributed by atoms with E-state index in [0.717, 1.165) is 5.56 Å². The summed E-state index contributed by atoms with van der Waals surface area (Å²) in [5.74, 6) is 1.97. The molecule has 7 heteroatoms. The van der Waals surface area contributed by atoms with Crippen LogP contribution in [-0.2, 0) is 5.75 Å². The molecule has 0 saturated heterocycles. The Morgan fingerprint density at radius 3 is 2.64 bits per heavy atom. The smallest absolute Gasteiger partial charge is 0.255 e. The maximum atomic E-state index is 11.4. The molecule has 0 unspecified atom stereocenters. The van der Waals surface area contributed by atoms with Gasteiger partial charge in [-0.15, -0.1) is 11.8 Å². The van der Waals surface area contributed by atoms with Crippen molar-refractivity contribution in [3.63, 3.8) is 0 Å². The van der Waals surface area contributed by atoms with Crippen molar-refractivity contribution in [2.24, 2.45) is 0 Å². The number of thioether (sulfide) groups is 1. The van der Waals surface area contributed by atoms with E-state index in [4.69, 9.17) is 32.7 Å². The number of carbonyl (C=O) groups excluding carboxylic acids is 1. The van der Waals surface area contributed by atoms with Crippen LogP contribution in [0.1, 0.15) is 15.9 Å². The zero-order chi connectivity index (χ0) is 16.1. The van der Waals surface area contributed by atoms with E-state index in [2.05, 4.69) is 4.98 Å². The van der Waals surface area contributed by atoms with Gasteiger partial charge in [0.1, 0.15) is 21.7 Å². The SMILES string of the molecule is COc1ccc(CSc2nc(Cl)ccc2C(=O)Cl)c(OC)c1. The van der Waals surface area contributed by atoms with E-state index in [1.165, 1.54) is 17.8 Å². The second kappa shape index (κ2) is 7.72. The lowest BCUT2D eigenvalue weighted by Gasteiger charge is -2.11. The minimum Gasteiger partial charge on any atom is -0.497 e. The summed E-state index contributed by atoms with van der Waals surface area (Å²) in [7, 11) is 3.19. The molecule has 0 radical (unpaired) electrons. The predicted molar refractivity (Wildman–Crippen MR) is 88.5 cm³/mol. The third-order valence-electron chi connectivity index (χ3n) is 2.90. The van der Waals surface area contributed by atoms with Crippen molar-refractivity contribution >= 4 is 40.2 Å². The summed E-state index contributed by atoms with van der Waals surface area (Å²) in [6, 6.07) is 8.65. The number of benzene rings is 1. The molecule has 0 N–H and O–H groups in total. The first-order chi connectivity index (χ1) is 10.5. The molecular weight excluding hydrogens is 345 g/mol. The van der Waals surface area contributed by atoms with Crippen molar-refractivity contribution in [1.29, 1.82) is 0 Å². The molecule has 116 valence electrons. The van der Waals surface area contributed by atoms with Gasteiger partial charge in [-0.3, -0.25) is 4.79 Å². The summed E-state index contributed by atoms with van der Waals surface area (Å²) < 4.78 is 10.5. The van der Waals surface area contributed by atoms with Crippen molar-refractivity contribution in [2.45, 2.75) is 10.8 Å². The second-order valence-corrected chi connectivity index (χ2v) is 5.92. The quantitative estimate of drug-likeness (QED) is 0.435. The first-order valence-electron chi connectivity index (χ1n) is 6.25. The number of halogens is 2. The molecule has 0 fully saturated rings. The third-order valence-corrected chi connectivity index (χ3v) is 4.35. The van der Waals surface area contributed by atoms with Crippen molar-refractivity contribution in [3.8, 4) is 11.5 Å². The molecule has 0 spiro atoms. The Bertz CT molecular complexity index is 694. The van der Waals surface area contributed by atoms with Crippen molar-refractivity contribution in [3.05, 3.63) is 46.6 Å². The molecule has 0 aliphatic rings. The molecule has 22 heavy (non-hydrogen) atoms. The van der Waals surface area contributed by atoms with Gasteiger partial charge in [-0.2, -0.15) is 0 Å². The molecular formula is C15H13Cl2NO3S. The number of ether oxygens (including phenoxy) is 2. The van der Waals surface area contributed by atoms with Crippen LogP contribution < -0.4 is 9.47 Å². The molecule has 0 atom stereocenters. The Hall–Kier alpha value is -1.43. The van der Waals surface area contributed by atoms with E-state index in [1.807, 2.05) is 12.1 Å². The van der Waals surface area contributed by atoms with Gasteiger partial charge >= 0.3 is 0 Å². The predicted octanol–water partition coefficient (Wildman–Crippen LogP) is 4.42. The lowest BCUT2D eigenvalue weighted by atomic mass is 10.2. The van der Waals surface area contributed by atoms with E-state index in [-0.39, 0.29) is 0 Å². The van der Waals surface area contributed by atoms with Crippen molar-refractivity contribution in [1.82, 2.24) is 4.98 Å². The Balaban J connectivity index is 2.23. The van der Waals surface area contributed by atoms with Gasteiger partial charge in [0.05, 0.1) is 19.8 Å². The molecule has 2 aromatic rings. The molecule has 0 aliphatic carbocycles. The zero-order valence-corrected chi connectivity index (χ0v) is 14.3. The maximum Gasteiger partial charge on any atom is 0.255 e. The fourth-order valence-corrected chi connectivity index (χ4v) is 3.21. The number of hydrogen-bond acceptors (Lipinski definition) is 5. The van der Waals surface area contributed by atoms with Gasteiger partial charge < -0.3 is 9.47 Å². The van der Waals surface area contributed by atoms with E-state index >= 15 is 0 Å². The second-order valence-electron chi connectivity index (χ2n) is 4.23. The molecule has 0 bridgehead atoms. The largest absolute Gasteiger partial charge is 0.497 e. The van der Waals surface area contributed by atoms with Crippen molar-refractivity contribution in [2.75, 3.05) is 14.2 Å². The standard InChI is InChI=1S/C15H13Cl2NO3S/c1-20-10-4-3-9(12(7-10)21-2)8-22-15-11(14(17)19)5-6-13(16)18-15/h3-7H,8H2,1-2H3. The normalized spacial score (nSPS) is 10.4. The van der Waals surface area contributed by atoms with Crippen LogP contribution in [0.4, 0.5) is 0 Å². The first-order valence-corrected chi connectivity index (χ1v) is 7.99. The van der Waals surface area contributed by atoms with E-state index in [1.54, 1.807) is 26.4 Å². The third kappa shape index (κ3) is 4.06. The van der Waals surface area contributed by atoms with Crippen LogP contribution in [-0.4, -0.2) is 24.4 Å². The molecule has 0 aliphatic heterocycles. The fourth-order valence-electron chi connectivity index (χ4n) is 1.79. The number of methoxy groups -OCH3 is 2. The fraction of sp³-hybridized carbons (Fsp3) is 0.200. The first kappa shape index (κ1) is 16.9. The maximum absolute atomic E-state index is 11.4. The van der Waals surface area contributed by atoms with Crippen LogP contribution in [0.15, 0.2) is 35.4 Å². The topological polar surface area (TPSA) is 48.4 Å². The van der Waals surface area contributed by atoms with Gasteiger partial charge in [-0.05, 0) is 29.8 Å². The van der Waals surface area contributed by atoms with Crippen LogP contribution in [0.3, 0.4) is 0 Å². The highest BCUT2D eigenvalue weighted by molar-refractivity contribution is 7.98. The van der Waals surface area contributed by atoms with Crippen molar-refractivity contribution < 1.29 is 14.3 Å². The van der Waals surface area contributed by atoms with Gasteiger partial charge in [0.2, 0.25) is 0 Å². The number of hydrogen-bond donors (Lipinski definition) is 0. The Kier molecular flexibility index (Phi) is 5.94. The van der Waals surface area contributed by atoms with Gasteiger partial charge in [-0.25, -0.2) is 4.98 Å². The van der Waals surface area contributed by atoms with Gasteiger partial charge in [0, 0.05) is 17.4 Å². The summed E-state index contributed by atoms with van der Waals surface area (Å²) in [4.78, 5) is 15.6. The Morgan fingerprint density at radius 1 is 1.23 bits per heavy atom. The van der Waals surface area contributed by atoms with Gasteiger partial charge in [0.25, 0.3) is 5.24 Å². The molecule has 0 amide bonds. The van der Waals surface area contributed by atoms with Crippen LogP contribution >= 0.6 is 35.0 Å². The molecule has 2 rings (SSSR count). The lowest BCUT2D eigenvalue weighted by Crippen LogP contribution is -1.97. The highest BCUT2D eigenvalue weighted by Crippen LogP contribution is 2.32. The molecule has 1 aromatic carbocycles. The number of nitrogens with zero attached hydrogens (tertiary/aromatic N) is 1. The zero-order valence-electron chi connectivity index (χ0n) is 11.9. The van der Waals surface area contributed by atoms with Crippen LogP contribution in [0.5, 0.6) is 11.5 Å². The summed E-state index contributed by atoms with van der Waals surface area (Å²) in [5, 5.41) is 0.240. The molecule has 1 aromatic heterocycles. The molecule has 4 nitrogen and oxygen atoms in total. The summed E-state index contributed by atoms with van der Waals surface area (Å²) >= 11 is 12.8. The number of rotatable bonds is 6. The Morgan fingerprint density at radius 2 is 2.00 bits per heavy atom. The minimum absolute atomic E-state index is 0.311. The average molecular weight is 358 g/mol. The summed E-state index contributed by atoms with van der Waals surface area (Å²) in [5.41, 5.74) is 1.28. The van der Waals surface area contributed by atoms with Crippen LogP contribution in [0, 0.1) is 0 Å². The number of pyridine rings is 1. The van der Waals surface area contributed by atoms with E-state index in [9.17, 15) is 4.79 Å². The van der Waals surface area contributed by atoms with Crippen LogP contribution in [0.25, 0.3) is 0 Å². The lowest BCUT2D eigenvalue weighted by molar-refractivity contribution is 0.107. The van der Waals surface area contributed by atoms with E-state index in [0.29, 0.717) is 33.0 Å². The Labute approximate surface area is 142 Å². The highest BCUT2D eigenvalue weighted by Gasteiger charge is 2.13. The summed E-state index contributed by atoms with van der Waals surface area (Å²) in [6.45, 7) is 0. The molecule has 0 saturated carbocycles.